The van der Waals surface area contributed by atoms with E-state index >= 15 is 0 Å². The Morgan fingerprint density at radius 2 is 1.95 bits per heavy atom. The Bertz CT molecular complexity index is 551. The monoisotopic (exact) mass is 289 g/mol. The van der Waals surface area contributed by atoms with E-state index in [0.717, 1.165) is 26.2 Å². The van der Waals surface area contributed by atoms with Gasteiger partial charge in [-0.05, 0) is 39.3 Å². The van der Waals surface area contributed by atoms with Crippen molar-refractivity contribution in [2.75, 3.05) is 31.1 Å². The maximum Gasteiger partial charge on any atom is 0.410 e. The van der Waals surface area contributed by atoms with E-state index in [1.807, 2.05) is 38.1 Å². The lowest BCUT2D eigenvalue weighted by molar-refractivity contribution is -0.0453. The number of rotatable bonds is 1. The standard InChI is InChI=1S/C16H23N3O2/c1-12-7-17-6-5-13(12)18-8-16(9-18)10-19(11-16)14(20)21-15(2,3)4/h5-7H,8-11H2,1-4H3. The van der Waals surface area contributed by atoms with Gasteiger partial charge in [-0.15, -0.1) is 0 Å². The van der Waals surface area contributed by atoms with Gasteiger partial charge in [0, 0.05) is 49.7 Å². The van der Waals surface area contributed by atoms with E-state index in [2.05, 4.69) is 22.9 Å². The summed E-state index contributed by atoms with van der Waals surface area (Å²) in [5, 5.41) is 0. The summed E-state index contributed by atoms with van der Waals surface area (Å²) in [6.07, 6.45) is 3.54. The van der Waals surface area contributed by atoms with Crippen molar-refractivity contribution in [3.63, 3.8) is 0 Å². The summed E-state index contributed by atoms with van der Waals surface area (Å²) in [7, 11) is 0. The van der Waals surface area contributed by atoms with Crippen LogP contribution in [0, 0.1) is 12.3 Å². The third-order valence-electron chi connectivity index (χ3n) is 4.09. The highest BCUT2D eigenvalue weighted by molar-refractivity contribution is 5.70. The van der Waals surface area contributed by atoms with Gasteiger partial charge in [0.2, 0.25) is 0 Å². The van der Waals surface area contributed by atoms with Crippen molar-refractivity contribution in [3.8, 4) is 0 Å². The lowest BCUT2D eigenvalue weighted by atomic mass is 9.72. The van der Waals surface area contributed by atoms with Gasteiger partial charge in [-0.2, -0.15) is 0 Å². The molecule has 3 rings (SSSR count). The van der Waals surface area contributed by atoms with Crippen LogP contribution in [0.3, 0.4) is 0 Å². The van der Waals surface area contributed by atoms with Crippen LogP contribution in [-0.2, 0) is 4.74 Å². The lowest BCUT2D eigenvalue weighted by Gasteiger charge is -2.60. The van der Waals surface area contributed by atoms with E-state index in [9.17, 15) is 4.79 Å². The summed E-state index contributed by atoms with van der Waals surface area (Å²) in [6.45, 7) is 11.4. The van der Waals surface area contributed by atoms with E-state index in [0.29, 0.717) is 0 Å². The molecule has 5 heteroatoms. The highest BCUT2D eigenvalue weighted by atomic mass is 16.6. The zero-order chi connectivity index (χ0) is 15.3. The van der Waals surface area contributed by atoms with Gasteiger partial charge in [-0.1, -0.05) is 0 Å². The minimum atomic E-state index is -0.417. The summed E-state index contributed by atoms with van der Waals surface area (Å²) >= 11 is 0. The molecule has 2 aliphatic heterocycles. The fourth-order valence-electron chi connectivity index (χ4n) is 3.17. The SMILES string of the molecule is Cc1cnccc1N1CC2(CN(C(=O)OC(C)(C)C)C2)C1. The Kier molecular flexibility index (Phi) is 3.11. The lowest BCUT2D eigenvalue weighted by Crippen LogP contribution is -2.73. The minimum absolute atomic E-state index is 0.188. The van der Waals surface area contributed by atoms with Crippen LogP contribution in [0.1, 0.15) is 26.3 Å². The topological polar surface area (TPSA) is 45.7 Å². The predicted molar refractivity (Wildman–Crippen MR) is 81.4 cm³/mol. The van der Waals surface area contributed by atoms with Crippen LogP contribution in [0.5, 0.6) is 0 Å². The molecule has 0 unspecified atom stereocenters. The van der Waals surface area contributed by atoms with Crippen molar-refractivity contribution in [2.24, 2.45) is 5.41 Å². The predicted octanol–water partition coefficient (Wildman–Crippen LogP) is 2.45. The van der Waals surface area contributed by atoms with E-state index in [1.165, 1.54) is 11.3 Å². The first-order valence-corrected chi connectivity index (χ1v) is 7.42. The highest BCUT2D eigenvalue weighted by Gasteiger charge is 2.54. The smallest absolute Gasteiger partial charge is 0.410 e. The number of aromatic nitrogens is 1. The maximum atomic E-state index is 12.0. The second-order valence-electron chi connectivity index (χ2n) is 7.35. The quantitative estimate of drug-likeness (QED) is 0.796. The molecule has 21 heavy (non-hydrogen) atoms. The van der Waals surface area contributed by atoms with E-state index < -0.39 is 5.60 Å². The number of anilines is 1. The average molecular weight is 289 g/mol. The van der Waals surface area contributed by atoms with Gasteiger partial charge in [0.25, 0.3) is 0 Å². The molecular formula is C16H23N3O2. The first-order chi connectivity index (χ1) is 9.78. The summed E-state index contributed by atoms with van der Waals surface area (Å²) < 4.78 is 5.40. The number of pyridine rings is 1. The van der Waals surface area contributed by atoms with Crippen molar-refractivity contribution >= 4 is 11.8 Å². The Hall–Kier alpha value is -1.78. The molecular weight excluding hydrogens is 266 g/mol. The van der Waals surface area contributed by atoms with Crippen molar-refractivity contribution in [1.29, 1.82) is 0 Å². The van der Waals surface area contributed by atoms with Crippen LogP contribution >= 0.6 is 0 Å². The van der Waals surface area contributed by atoms with E-state index in [-0.39, 0.29) is 11.5 Å². The van der Waals surface area contributed by atoms with Crippen molar-refractivity contribution in [3.05, 3.63) is 24.0 Å². The molecule has 5 nitrogen and oxygen atoms in total. The zero-order valence-corrected chi connectivity index (χ0v) is 13.2. The zero-order valence-electron chi connectivity index (χ0n) is 13.2. The molecule has 1 amide bonds. The summed E-state index contributed by atoms with van der Waals surface area (Å²) in [4.78, 5) is 20.3. The Balaban J connectivity index is 1.52. The Labute approximate surface area is 125 Å². The molecule has 0 N–H and O–H groups in total. The Morgan fingerprint density at radius 3 is 2.52 bits per heavy atom. The first kappa shape index (κ1) is 14.2. The largest absolute Gasteiger partial charge is 0.444 e. The first-order valence-electron chi connectivity index (χ1n) is 7.42. The number of hydrogen-bond acceptors (Lipinski definition) is 4. The van der Waals surface area contributed by atoms with Crippen molar-refractivity contribution in [2.45, 2.75) is 33.3 Å². The van der Waals surface area contributed by atoms with Crippen LogP contribution in [0.25, 0.3) is 0 Å². The third-order valence-corrected chi connectivity index (χ3v) is 4.09. The second-order valence-corrected chi connectivity index (χ2v) is 7.35. The molecule has 0 saturated carbocycles. The molecule has 3 heterocycles. The molecule has 2 fully saturated rings. The van der Waals surface area contributed by atoms with Gasteiger partial charge in [-0.25, -0.2) is 4.79 Å². The fourth-order valence-corrected chi connectivity index (χ4v) is 3.17. The van der Waals surface area contributed by atoms with Crippen LogP contribution in [0.15, 0.2) is 18.5 Å². The van der Waals surface area contributed by atoms with Gasteiger partial charge in [0.1, 0.15) is 5.60 Å². The molecule has 1 aromatic heterocycles. The molecule has 2 aliphatic rings. The van der Waals surface area contributed by atoms with Crippen molar-refractivity contribution in [1.82, 2.24) is 9.88 Å². The summed E-state index contributed by atoms with van der Waals surface area (Å²) in [5.41, 5.74) is 2.31. The summed E-state index contributed by atoms with van der Waals surface area (Å²) in [6, 6.07) is 2.06. The average Bonchev–Trinajstić information content (AvgIpc) is 2.25. The summed E-state index contributed by atoms with van der Waals surface area (Å²) in [5.74, 6) is 0. The molecule has 0 atom stereocenters. The van der Waals surface area contributed by atoms with Crippen LogP contribution in [0.2, 0.25) is 0 Å². The Morgan fingerprint density at radius 1 is 1.29 bits per heavy atom. The number of nitrogens with zero attached hydrogens (tertiary/aromatic N) is 3. The van der Waals surface area contributed by atoms with Gasteiger partial charge in [0.05, 0.1) is 0 Å². The molecule has 1 spiro atoms. The fraction of sp³-hybridized carbons (Fsp3) is 0.625. The normalized spacial score (nSPS) is 20.0. The molecule has 0 aromatic carbocycles. The van der Waals surface area contributed by atoms with Gasteiger partial charge >= 0.3 is 6.09 Å². The van der Waals surface area contributed by atoms with Crippen LogP contribution < -0.4 is 4.90 Å². The molecule has 0 aliphatic carbocycles. The molecule has 0 bridgehead atoms. The highest BCUT2D eigenvalue weighted by Crippen LogP contribution is 2.42. The number of hydrogen-bond donors (Lipinski definition) is 0. The van der Waals surface area contributed by atoms with Crippen LogP contribution in [0.4, 0.5) is 10.5 Å². The number of amides is 1. The second kappa shape index (κ2) is 4.61. The number of carbonyl (C=O) groups is 1. The van der Waals surface area contributed by atoms with Gasteiger partial charge < -0.3 is 14.5 Å². The maximum absolute atomic E-state index is 12.0. The number of ether oxygens (including phenoxy) is 1. The van der Waals surface area contributed by atoms with E-state index in [4.69, 9.17) is 4.74 Å². The molecule has 1 aromatic rings. The third kappa shape index (κ3) is 2.69. The molecule has 114 valence electrons. The van der Waals surface area contributed by atoms with Crippen molar-refractivity contribution < 1.29 is 9.53 Å². The number of aryl methyl sites for hydroxylation is 1. The molecule has 0 radical (unpaired) electrons. The van der Waals surface area contributed by atoms with Crippen LogP contribution in [-0.4, -0.2) is 47.8 Å². The number of likely N-dealkylation sites (tertiary alicyclic amines) is 1. The van der Waals surface area contributed by atoms with Gasteiger partial charge in [-0.3, -0.25) is 4.98 Å². The minimum Gasteiger partial charge on any atom is -0.444 e. The van der Waals surface area contributed by atoms with E-state index in [1.54, 1.807) is 0 Å². The number of carbonyl (C=O) groups excluding carboxylic acids is 1. The molecule has 2 saturated heterocycles. The van der Waals surface area contributed by atoms with Gasteiger partial charge in [0.15, 0.2) is 0 Å².